The Bertz CT molecular complexity index is 1270. The second kappa shape index (κ2) is 10.8. The van der Waals surface area contributed by atoms with Crippen LogP contribution in [0.25, 0.3) is 0 Å². The summed E-state index contributed by atoms with van der Waals surface area (Å²) in [6, 6.07) is 17.0. The van der Waals surface area contributed by atoms with E-state index >= 15 is 0 Å². The molecule has 3 heterocycles. The maximum Gasteiger partial charge on any atom is 0.312 e. The first-order valence-electron chi connectivity index (χ1n) is 14.0. The van der Waals surface area contributed by atoms with Gasteiger partial charge in [-0.2, -0.15) is 0 Å². The third-order valence-corrected chi connectivity index (χ3v) is 9.10. The maximum absolute atomic E-state index is 14.7. The van der Waals surface area contributed by atoms with Crippen molar-refractivity contribution in [2.75, 3.05) is 19.8 Å². The predicted molar refractivity (Wildman–Crippen MR) is 149 cm³/mol. The summed E-state index contributed by atoms with van der Waals surface area (Å²) >= 11 is 0. The van der Waals surface area contributed by atoms with Crippen LogP contribution in [0.15, 0.2) is 73.3 Å². The van der Waals surface area contributed by atoms with Gasteiger partial charge < -0.3 is 24.4 Å². The summed E-state index contributed by atoms with van der Waals surface area (Å²) in [5, 5.41) is 10.7. The number of amides is 2. The molecule has 2 aromatic carbocycles. The van der Waals surface area contributed by atoms with E-state index < -0.39 is 41.1 Å². The summed E-state index contributed by atoms with van der Waals surface area (Å²) < 4.78 is 12.3. The number of ether oxygens (including phenoxy) is 2. The summed E-state index contributed by atoms with van der Waals surface area (Å²) in [6.07, 6.45) is 2.10. The van der Waals surface area contributed by atoms with Crippen molar-refractivity contribution in [2.24, 2.45) is 17.8 Å². The van der Waals surface area contributed by atoms with Crippen LogP contribution < -0.4 is 0 Å². The molecule has 3 fully saturated rings. The maximum atomic E-state index is 14.7. The Morgan fingerprint density at radius 3 is 2.45 bits per heavy atom. The SMILES string of the molecule is C=CCN(Cc1ccccc1)C(=O)C1N([C@H](CO)c2ccccc2)C(=O)[C@@H]2[C@H](C(=O)OCC)[C@@]3(C)OC12CC3C. The molecule has 0 radical (unpaired) electrons. The number of hydrogen-bond donors (Lipinski definition) is 1. The Morgan fingerprint density at radius 1 is 1.20 bits per heavy atom. The molecule has 3 aliphatic heterocycles. The fraction of sp³-hybridized carbons (Fsp3) is 0.469. The molecule has 8 heteroatoms. The molecule has 40 heavy (non-hydrogen) atoms. The molecule has 8 nitrogen and oxygen atoms in total. The van der Waals surface area contributed by atoms with Crippen molar-refractivity contribution in [3.63, 3.8) is 0 Å². The van der Waals surface area contributed by atoms with E-state index in [-0.39, 0.29) is 37.5 Å². The van der Waals surface area contributed by atoms with Crippen LogP contribution in [0.4, 0.5) is 0 Å². The molecular weight excluding hydrogens is 508 g/mol. The van der Waals surface area contributed by atoms with Gasteiger partial charge in [-0.05, 0) is 37.3 Å². The lowest BCUT2D eigenvalue weighted by molar-refractivity contribution is -0.163. The van der Waals surface area contributed by atoms with E-state index in [1.165, 1.54) is 4.90 Å². The van der Waals surface area contributed by atoms with Gasteiger partial charge in [0.05, 0.1) is 30.8 Å². The standard InChI is InChI=1S/C32H38N2O6/c1-5-17-33(19-22-13-9-7-10-14-22)29(37)27-32-18-21(3)31(4,40-32)26(30(38)39-6-2)25(32)28(36)34(27)24(20-35)23-15-11-8-12-16-23/h5,7-16,21,24-27,35H,1,6,17-20H2,2-4H3/t21?,24-,25+,26-,27?,31+,32?/m1/s1. The molecule has 5 rings (SSSR count). The fourth-order valence-electron chi connectivity index (χ4n) is 7.28. The number of aliphatic hydroxyl groups is 1. The van der Waals surface area contributed by atoms with Gasteiger partial charge in [0.15, 0.2) is 0 Å². The minimum absolute atomic E-state index is 0.104. The molecular formula is C32H38N2O6. The smallest absolute Gasteiger partial charge is 0.312 e. The van der Waals surface area contributed by atoms with Gasteiger partial charge in [0.2, 0.25) is 11.8 Å². The second-order valence-corrected chi connectivity index (χ2v) is 11.3. The lowest BCUT2D eigenvalue weighted by atomic mass is 9.62. The van der Waals surface area contributed by atoms with E-state index in [4.69, 9.17) is 9.47 Å². The molecule has 7 atom stereocenters. The molecule has 0 saturated carbocycles. The van der Waals surface area contributed by atoms with Crippen LogP contribution in [0.2, 0.25) is 0 Å². The summed E-state index contributed by atoms with van der Waals surface area (Å²) in [7, 11) is 0. The second-order valence-electron chi connectivity index (χ2n) is 11.3. The number of fused-ring (bicyclic) bond motifs is 1. The number of rotatable bonds is 10. The highest BCUT2D eigenvalue weighted by atomic mass is 16.6. The van der Waals surface area contributed by atoms with Crippen LogP contribution >= 0.6 is 0 Å². The zero-order valence-electron chi connectivity index (χ0n) is 23.4. The van der Waals surface area contributed by atoms with Gasteiger partial charge in [0.1, 0.15) is 17.6 Å². The van der Waals surface area contributed by atoms with Crippen LogP contribution in [-0.2, 0) is 30.4 Å². The Balaban J connectivity index is 1.65. The zero-order chi connectivity index (χ0) is 28.7. The van der Waals surface area contributed by atoms with Crippen molar-refractivity contribution in [2.45, 2.75) is 57.0 Å². The van der Waals surface area contributed by atoms with E-state index in [0.29, 0.717) is 18.5 Å². The number of nitrogens with zero attached hydrogens (tertiary/aromatic N) is 2. The normalized spacial score (nSPS) is 31.1. The third kappa shape index (κ3) is 4.25. The van der Waals surface area contributed by atoms with Crippen molar-refractivity contribution >= 4 is 17.8 Å². The Kier molecular flexibility index (Phi) is 7.59. The van der Waals surface area contributed by atoms with Gasteiger partial charge in [0, 0.05) is 13.1 Å². The highest BCUT2D eigenvalue weighted by Gasteiger charge is 2.80. The summed E-state index contributed by atoms with van der Waals surface area (Å²) in [5.74, 6) is -3.02. The molecule has 0 aromatic heterocycles. The lowest BCUT2D eigenvalue weighted by Gasteiger charge is -2.39. The highest BCUT2D eigenvalue weighted by molar-refractivity contribution is 5.99. The third-order valence-electron chi connectivity index (χ3n) is 9.10. The van der Waals surface area contributed by atoms with E-state index in [2.05, 4.69) is 6.58 Å². The largest absolute Gasteiger partial charge is 0.466 e. The van der Waals surface area contributed by atoms with Gasteiger partial charge in [-0.1, -0.05) is 73.7 Å². The summed E-state index contributed by atoms with van der Waals surface area (Å²) in [5.41, 5.74) is -0.558. The van der Waals surface area contributed by atoms with Crippen LogP contribution in [0.1, 0.15) is 44.4 Å². The van der Waals surface area contributed by atoms with Crippen molar-refractivity contribution in [1.82, 2.24) is 9.80 Å². The minimum Gasteiger partial charge on any atom is -0.466 e. The topological polar surface area (TPSA) is 96.4 Å². The van der Waals surface area contributed by atoms with Crippen LogP contribution in [0, 0.1) is 17.8 Å². The summed E-state index contributed by atoms with van der Waals surface area (Å²) in [4.78, 5) is 45.8. The van der Waals surface area contributed by atoms with E-state index in [1.54, 1.807) is 17.9 Å². The molecule has 1 N–H and O–H groups in total. The fourth-order valence-corrected chi connectivity index (χ4v) is 7.28. The van der Waals surface area contributed by atoms with Crippen molar-refractivity contribution in [3.05, 3.63) is 84.4 Å². The quantitative estimate of drug-likeness (QED) is 0.362. The van der Waals surface area contributed by atoms with Crippen molar-refractivity contribution in [1.29, 1.82) is 0 Å². The van der Waals surface area contributed by atoms with E-state index in [1.807, 2.05) is 74.5 Å². The summed E-state index contributed by atoms with van der Waals surface area (Å²) in [6.45, 7) is 9.82. The molecule has 3 saturated heterocycles. The van der Waals surface area contributed by atoms with Gasteiger partial charge in [-0.15, -0.1) is 6.58 Å². The average Bonchev–Trinajstić information content (AvgIpc) is 3.47. The Morgan fingerprint density at radius 2 is 1.85 bits per heavy atom. The molecule has 2 aromatic rings. The zero-order valence-corrected chi connectivity index (χ0v) is 23.4. The van der Waals surface area contributed by atoms with Gasteiger partial charge >= 0.3 is 5.97 Å². The Hall–Kier alpha value is -3.49. The van der Waals surface area contributed by atoms with E-state index in [0.717, 1.165) is 5.56 Å². The lowest BCUT2D eigenvalue weighted by Crippen LogP contribution is -2.57. The molecule has 3 aliphatic rings. The minimum atomic E-state index is -1.24. The number of aliphatic hydroxyl groups excluding tert-OH is 1. The number of carbonyl (C=O) groups is 3. The van der Waals surface area contributed by atoms with Crippen LogP contribution in [0.3, 0.4) is 0 Å². The van der Waals surface area contributed by atoms with E-state index in [9.17, 15) is 19.5 Å². The van der Waals surface area contributed by atoms with Gasteiger partial charge in [0.25, 0.3) is 0 Å². The molecule has 212 valence electrons. The number of hydrogen-bond acceptors (Lipinski definition) is 6. The molecule has 3 unspecified atom stereocenters. The predicted octanol–water partition coefficient (Wildman–Crippen LogP) is 3.51. The molecule has 0 aliphatic carbocycles. The first-order chi connectivity index (χ1) is 19.2. The Labute approximate surface area is 235 Å². The van der Waals surface area contributed by atoms with Gasteiger partial charge in [-0.3, -0.25) is 14.4 Å². The first-order valence-corrected chi connectivity index (χ1v) is 14.0. The molecule has 2 amide bonds. The molecule has 1 spiro atoms. The van der Waals surface area contributed by atoms with Crippen molar-refractivity contribution < 1.29 is 29.0 Å². The number of esters is 1. The number of benzene rings is 2. The number of carbonyl (C=O) groups excluding carboxylic acids is 3. The first kappa shape index (κ1) is 28.1. The number of likely N-dealkylation sites (tertiary alicyclic amines) is 1. The monoisotopic (exact) mass is 546 g/mol. The van der Waals surface area contributed by atoms with Gasteiger partial charge in [-0.25, -0.2) is 0 Å². The average molecular weight is 547 g/mol. The van der Waals surface area contributed by atoms with Crippen LogP contribution in [0.5, 0.6) is 0 Å². The highest BCUT2D eigenvalue weighted by Crippen LogP contribution is 2.66. The van der Waals surface area contributed by atoms with Crippen LogP contribution in [-0.4, -0.2) is 69.7 Å². The molecule has 2 bridgehead atoms. The van der Waals surface area contributed by atoms with Crippen molar-refractivity contribution in [3.8, 4) is 0 Å².